The molecule has 1 aromatic rings. The van der Waals surface area contributed by atoms with Crippen molar-refractivity contribution >= 4 is 21.6 Å². The zero-order valence-corrected chi connectivity index (χ0v) is 12.3. The number of aliphatic hydroxyl groups is 1. The van der Waals surface area contributed by atoms with Gasteiger partial charge in [-0.15, -0.1) is 0 Å². The summed E-state index contributed by atoms with van der Waals surface area (Å²) < 4.78 is 1.06. The van der Waals surface area contributed by atoms with Crippen molar-refractivity contribution in [2.24, 2.45) is 0 Å². The largest absolute Gasteiger partial charge is 0.394 e. The lowest BCUT2D eigenvalue weighted by Gasteiger charge is -2.34. The molecule has 0 fully saturated rings. The third-order valence-corrected chi connectivity index (χ3v) is 3.49. The van der Waals surface area contributed by atoms with Gasteiger partial charge in [0.1, 0.15) is 0 Å². The van der Waals surface area contributed by atoms with Crippen LogP contribution in [0.4, 0.5) is 5.69 Å². The van der Waals surface area contributed by atoms with Crippen molar-refractivity contribution in [2.45, 2.75) is 45.1 Å². The van der Waals surface area contributed by atoms with Crippen LogP contribution in [-0.2, 0) is 0 Å². The van der Waals surface area contributed by atoms with Crippen molar-refractivity contribution in [1.82, 2.24) is 0 Å². The van der Waals surface area contributed by atoms with Crippen molar-refractivity contribution in [3.63, 3.8) is 0 Å². The number of hydrogen-bond donors (Lipinski definition) is 2. The smallest absolute Gasteiger partial charge is 0.0661 e. The van der Waals surface area contributed by atoms with Gasteiger partial charge in [0.15, 0.2) is 0 Å². The normalized spacial score (nSPS) is 11.5. The second-order valence-corrected chi connectivity index (χ2v) is 5.49. The number of rotatable bonds is 7. The van der Waals surface area contributed by atoms with Gasteiger partial charge in [-0.2, -0.15) is 0 Å². The van der Waals surface area contributed by atoms with E-state index in [2.05, 4.69) is 41.2 Å². The van der Waals surface area contributed by atoms with Gasteiger partial charge in [-0.05, 0) is 31.0 Å². The first-order chi connectivity index (χ1) is 8.15. The van der Waals surface area contributed by atoms with Crippen LogP contribution in [0.15, 0.2) is 28.7 Å². The summed E-state index contributed by atoms with van der Waals surface area (Å²) in [5.41, 5.74) is 0.889. The van der Waals surface area contributed by atoms with Gasteiger partial charge in [0.05, 0.1) is 12.1 Å². The van der Waals surface area contributed by atoms with Crippen LogP contribution in [0, 0.1) is 0 Å². The molecule has 0 saturated carbocycles. The molecule has 0 bridgehead atoms. The fraction of sp³-hybridized carbons (Fsp3) is 0.571. The van der Waals surface area contributed by atoms with Crippen molar-refractivity contribution in [3.05, 3.63) is 28.7 Å². The Kier molecular flexibility index (Phi) is 6.00. The van der Waals surface area contributed by atoms with Gasteiger partial charge in [0.25, 0.3) is 0 Å². The molecule has 0 heterocycles. The predicted octanol–water partition coefficient (Wildman–Crippen LogP) is 4.19. The lowest BCUT2D eigenvalue weighted by molar-refractivity contribution is 0.192. The zero-order chi connectivity index (χ0) is 12.7. The molecule has 0 aliphatic carbocycles. The fourth-order valence-electron chi connectivity index (χ4n) is 2.28. The van der Waals surface area contributed by atoms with Crippen molar-refractivity contribution in [3.8, 4) is 0 Å². The van der Waals surface area contributed by atoms with E-state index in [0.29, 0.717) is 0 Å². The molecule has 1 rings (SSSR count). The monoisotopic (exact) mass is 299 g/mol. The first-order valence-corrected chi connectivity index (χ1v) is 7.09. The number of halogens is 1. The van der Waals surface area contributed by atoms with E-state index < -0.39 is 0 Å². The van der Waals surface area contributed by atoms with Crippen molar-refractivity contribution in [1.29, 1.82) is 0 Å². The molecule has 2 nitrogen and oxygen atoms in total. The quantitative estimate of drug-likeness (QED) is 0.791. The number of benzene rings is 1. The molecule has 1 aromatic carbocycles. The van der Waals surface area contributed by atoms with Crippen LogP contribution < -0.4 is 5.32 Å². The van der Waals surface area contributed by atoms with Gasteiger partial charge in [-0.3, -0.25) is 0 Å². The van der Waals surface area contributed by atoms with E-state index in [-0.39, 0.29) is 12.1 Å². The van der Waals surface area contributed by atoms with Crippen LogP contribution in [0.25, 0.3) is 0 Å². The average Bonchev–Trinajstić information content (AvgIpc) is 2.29. The molecule has 2 N–H and O–H groups in total. The van der Waals surface area contributed by atoms with Crippen LogP contribution in [0.5, 0.6) is 0 Å². The molecule has 0 aliphatic rings. The minimum absolute atomic E-state index is 0.176. The summed E-state index contributed by atoms with van der Waals surface area (Å²) in [7, 11) is 0. The molecule has 0 aliphatic heterocycles. The molecule has 17 heavy (non-hydrogen) atoms. The SMILES string of the molecule is CCCC(CO)(CCC)Nc1cccc(Br)c1. The Morgan fingerprint density at radius 2 is 1.88 bits per heavy atom. The highest BCUT2D eigenvalue weighted by Gasteiger charge is 2.27. The molecule has 0 amide bonds. The standard InChI is InChI=1S/C14H22BrNO/c1-3-8-14(11-17,9-4-2)16-13-7-5-6-12(15)10-13/h5-7,10,16-17H,3-4,8-9,11H2,1-2H3. The minimum atomic E-state index is -0.176. The minimum Gasteiger partial charge on any atom is -0.394 e. The topological polar surface area (TPSA) is 32.3 Å². The molecule has 0 aromatic heterocycles. The molecule has 0 saturated heterocycles. The number of aliphatic hydroxyl groups excluding tert-OH is 1. The summed E-state index contributed by atoms with van der Waals surface area (Å²) in [5.74, 6) is 0. The van der Waals surface area contributed by atoms with E-state index >= 15 is 0 Å². The highest BCUT2D eigenvalue weighted by atomic mass is 79.9. The first kappa shape index (κ1) is 14.5. The van der Waals surface area contributed by atoms with E-state index in [1.807, 2.05) is 18.2 Å². The average molecular weight is 300 g/mol. The summed E-state index contributed by atoms with van der Waals surface area (Å²) >= 11 is 3.47. The fourth-order valence-corrected chi connectivity index (χ4v) is 2.68. The second-order valence-electron chi connectivity index (χ2n) is 4.57. The van der Waals surface area contributed by atoms with E-state index in [4.69, 9.17) is 0 Å². The Morgan fingerprint density at radius 3 is 2.35 bits per heavy atom. The molecule has 0 spiro atoms. The molecule has 96 valence electrons. The maximum atomic E-state index is 9.70. The molecular weight excluding hydrogens is 278 g/mol. The summed E-state index contributed by atoms with van der Waals surface area (Å²) in [5, 5.41) is 13.2. The summed E-state index contributed by atoms with van der Waals surface area (Å²) in [4.78, 5) is 0. The zero-order valence-electron chi connectivity index (χ0n) is 10.7. The lowest BCUT2D eigenvalue weighted by Crippen LogP contribution is -2.42. The van der Waals surface area contributed by atoms with Crippen molar-refractivity contribution in [2.75, 3.05) is 11.9 Å². The highest BCUT2D eigenvalue weighted by molar-refractivity contribution is 9.10. The van der Waals surface area contributed by atoms with Crippen molar-refractivity contribution < 1.29 is 5.11 Å². The Labute approximate surface area is 113 Å². The van der Waals surface area contributed by atoms with Crippen LogP contribution in [0.2, 0.25) is 0 Å². The van der Waals surface area contributed by atoms with E-state index in [0.717, 1.165) is 35.8 Å². The van der Waals surface area contributed by atoms with E-state index in [1.54, 1.807) is 0 Å². The maximum Gasteiger partial charge on any atom is 0.0661 e. The summed E-state index contributed by atoms with van der Waals surface area (Å²) in [6.07, 6.45) is 4.12. The molecule has 0 unspecified atom stereocenters. The van der Waals surface area contributed by atoms with Gasteiger partial charge in [0.2, 0.25) is 0 Å². The van der Waals surface area contributed by atoms with E-state index in [1.165, 1.54) is 0 Å². The summed E-state index contributed by atoms with van der Waals surface area (Å²) in [6.45, 7) is 4.49. The molecule has 3 heteroatoms. The van der Waals surface area contributed by atoms with E-state index in [9.17, 15) is 5.11 Å². The van der Waals surface area contributed by atoms with Gasteiger partial charge in [0, 0.05) is 10.2 Å². The molecule has 0 atom stereocenters. The third-order valence-electron chi connectivity index (χ3n) is 2.99. The van der Waals surface area contributed by atoms with Crippen LogP contribution >= 0.6 is 15.9 Å². The lowest BCUT2D eigenvalue weighted by atomic mass is 9.89. The Morgan fingerprint density at radius 1 is 1.24 bits per heavy atom. The Bertz CT molecular complexity index is 335. The van der Waals surface area contributed by atoms with Gasteiger partial charge >= 0.3 is 0 Å². The Hall–Kier alpha value is -0.540. The highest BCUT2D eigenvalue weighted by Crippen LogP contribution is 2.26. The van der Waals surface area contributed by atoms with Crippen LogP contribution in [0.1, 0.15) is 39.5 Å². The third kappa shape index (κ3) is 4.32. The second kappa shape index (κ2) is 7.02. The predicted molar refractivity (Wildman–Crippen MR) is 77.4 cm³/mol. The number of nitrogens with one attached hydrogen (secondary N) is 1. The van der Waals surface area contributed by atoms with Crippen LogP contribution in [0.3, 0.4) is 0 Å². The maximum absolute atomic E-state index is 9.70. The van der Waals surface area contributed by atoms with Gasteiger partial charge < -0.3 is 10.4 Å². The van der Waals surface area contributed by atoms with Gasteiger partial charge in [-0.1, -0.05) is 48.7 Å². The Balaban J connectivity index is 2.84. The first-order valence-electron chi connectivity index (χ1n) is 6.30. The summed E-state index contributed by atoms with van der Waals surface area (Å²) in [6, 6.07) is 8.11. The van der Waals surface area contributed by atoms with Gasteiger partial charge in [-0.25, -0.2) is 0 Å². The molecule has 0 radical (unpaired) electrons. The van der Waals surface area contributed by atoms with Crippen LogP contribution in [-0.4, -0.2) is 17.3 Å². The number of hydrogen-bond acceptors (Lipinski definition) is 2. The number of anilines is 1. The molecular formula is C14H22BrNO.